The number of fused-ring (bicyclic) bond motifs is 1. The van der Waals surface area contributed by atoms with E-state index in [0.29, 0.717) is 35.7 Å². The van der Waals surface area contributed by atoms with Gasteiger partial charge in [0.1, 0.15) is 5.75 Å². The molecular weight excluding hydrogens is 413 g/mol. The van der Waals surface area contributed by atoms with Crippen LogP contribution in [0, 0.1) is 0 Å². The van der Waals surface area contributed by atoms with Crippen LogP contribution in [0.1, 0.15) is 24.0 Å². The number of halogens is 3. The molecule has 4 nitrogen and oxygen atoms in total. The van der Waals surface area contributed by atoms with Crippen molar-refractivity contribution < 1.29 is 22.7 Å². The molecule has 0 spiro atoms. The number of alkyl halides is 3. The molecule has 0 atom stereocenters. The molecule has 1 aliphatic heterocycles. The number of allylic oxidation sites excluding steroid dienone is 1. The number of nitrogens with zero attached hydrogens (tertiary/aromatic N) is 1. The molecule has 4 rings (SSSR count). The van der Waals surface area contributed by atoms with Crippen molar-refractivity contribution in [3.05, 3.63) is 71.1 Å². The average molecular weight is 430 g/mol. The van der Waals surface area contributed by atoms with Crippen molar-refractivity contribution in [1.82, 2.24) is 4.98 Å². The summed E-state index contributed by atoms with van der Waals surface area (Å²) >= 11 is 1.31. The van der Waals surface area contributed by atoms with Crippen LogP contribution in [0.4, 0.5) is 18.3 Å². The Morgan fingerprint density at radius 1 is 1.17 bits per heavy atom. The lowest BCUT2D eigenvalue weighted by molar-refractivity contribution is -0.137. The summed E-state index contributed by atoms with van der Waals surface area (Å²) in [6.45, 7) is 0.292. The molecule has 1 amide bonds. The van der Waals surface area contributed by atoms with E-state index in [-0.39, 0.29) is 11.7 Å². The van der Waals surface area contributed by atoms with Gasteiger partial charge in [-0.25, -0.2) is 4.98 Å². The van der Waals surface area contributed by atoms with Gasteiger partial charge in [0.15, 0.2) is 5.13 Å². The second kappa shape index (κ2) is 8.31. The molecular formula is C22H17F3N2O2S. The van der Waals surface area contributed by atoms with Crippen molar-refractivity contribution in [2.24, 2.45) is 0 Å². The molecule has 0 radical (unpaired) electrons. The first-order chi connectivity index (χ1) is 14.4. The lowest BCUT2D eigenvalue weighted by Crippen LogP contribution is -2.09. The van der Waals surface area contributed by atoms with Crippen LogP contribution in [0.3, 0.4) is 0 Å². The predicted octanol–water partition coefficient (Wildman–Crippen LogP) is 6.02. The third kappa shape index (κ3) is 4.54. The van der Waals surface area contributed by atoms with Crippen LogP contribution < -0.4 is 10.1 Å². The summed E-state index contributed by atoms with van der Waals surface area (Å²) in [5, 5.41) is 5.04. The van der Waals surface area contributed by atoms with Crippen LogP contribution in [0.5, 0.6) is 5.75 Å². The minimum Gasteiger partial charge on any atom is -0.493 e. The quantitative estimate of drug-likeness (QED) is 0.517. The Morgan fingerprint density at radius 3 is 2.73 bits per heavy atom. The average Bonchev–Trinajstić information content (AvgIpc) is 3.09. The summed E-state index contributed by atoms with van der Waals surface area (Å²) < 4.78 is 44.5. The molecule has 0 fully saturated rings. The Balaban J connectivity index is 1.55. The number of hydrogen-bond donors (Lipinski definition) is 1. The van der Waals surface area contributed by atoms with E-state index < -0.39 is 11.7 Å². The van der Waals surface area contributed by atoms with E-state index in [0.717, 1.165) is 23.4 Å². The largest absolute Gasteiger partial charge is 0.493 e. The van der Waals surface area contributed by atoms with E-state index >= 15 is 0 Å². The molecule has 0 saturated heterocycles. The highest BCUT2D eigenvalue weighted by atomic mass is 32.1. The molecule has 30 heavy (non-hydrogen) atoms. The van der Waals surface area contributed by atoms with Crippen LogP contribution in [-0.2, 0) is 11.0 Å². The Kier molecular flexibility index (Phi) is 5.59. The molecule has 2 heterocycles. The zero-order valence-corrected chi connectivity index (χ0v) is 16.5. The van der Waals surface area contributed by atoms with Crippen molar-refractivity contribution in [2.75, 3.05) is 11.9 Å². The fourth-order valence-electron chi connectivity index (χ4n) is 3.19. The normalized spacial score (nSPS) is 15.2. The second-order valence-electron chi connectivity index (χ2n) is 6.72. The van der Waals surface area contributed by atoms with Gasteiger partial charge in [0.25, 0.3) is 0 Å². The molecule has 2 aromatic carbocycles. The van der Waals surface area contributed by atoms with Gasteiger partial charge in [0.2, 0.25) is 5.91 Å². The van der Waals surface area contributed by atoms with E-state index in [1.165, 1.54) is 23.5 Å². The maximum absolute atomic E-state index is 13.0. The highest BCUT2D eigenvalue weighted by Crippen LogP contribution is 2.38. The minimum atomic E-state index is -4.45. The van der Waals surface area contributed by atoms with E-state index in [1.807, 2.05) is 35.7 Å². The van der Waals surface area contributed by atoms with Crippen molar-refractivity contribution in [3.63, 3.8) is 0 Å². The third-order valence-corrected chi connectivity index (χ3v) is 5.37. The molecule has 3 aromatic rings. The van der Waals surface area contributed by atoms with Gasteiger partial charge in [0.05, 0.1) is 17.9 Å². The summed E-state index contributed by atoms with van der Waals surface area (Å²) in [6.07, 6.45) is -1.92. The number of nitrogens with one attached hydrogen (secondary N) is 1. The summed E-state index contributed by atoms with van der Waals surface area (Å²) in [7, 11) is 0. The Labute approximate surface area is 175 Å². The summed E-state index contributed by atoms with van der Waals surface area (Å²) in [4.78, 5) is 17.0. The van der Waals surface area contributed by atoms with Gasteiger partial charge in [0, 0.05) is 22.6 Å². The Hall–Kier alpha value is -3.13. The van der Waals surface area contributed by atoms with Gasteiger partial charge in [-0.05, 0) is 30.5 Å². The van der Waals surface area contributed by atoms with E-state index in [1.54, 1.807) is 0 Å². The number of carbonyl (C=O) groups is 1. The van der Waals surface area contributed by atoms with E-state index in [2.05, 4.69) is 10.3 Å². The van der Waals surface area contributed by atoms with Gasteiger partial charge < -0.3 is 4.74 Å². The molecule has 0 saturated carbocycles. The molecule has 1 aromatic heterocycles. The maximum Gasteiger partial charge on any atom is 0.416 e. The van der Waals surface area contributed by atoms with Crippen LogP contribution in [0.15, 0.2) is 60.0 Å². The van der Waals surface area contributed by atoms with Crippen molar-refractivity contribution >= 4 is 27.9 Å². The van der Waals surface area contributed by atoms with Gasteiger partial charge in [-0.2, -0.15) is 13.2 Å². The highest BCUT2D eigenvalue weighted by molar-refractivity contribution is 7.14. The molecule has 1 aliphatic rings. The Morgan fingerprint density at radius 2 is 1.97 bits per heavy atom. The molecule has 154 valence electrons. The van der Waals surface area contributed by atoms with Gasteiger partial charge in [-0.15, -0.1) is 11.3 Å². The molecule has 0 aliphatic carbocycles. The summed E-state index contributed by atoms with van der Waals surface area (Å²) in [6, 6.07) is 12.9. The predicted molar refractivity (Wildman–Crippen MR) is 110 cm³/mol. The number of amides is 1. The Bertz CT molecular complexity index is 1090. The van der Waals surface area contributed by atoms with Gasteiger partial charge in [-0.1, -0.05) is 36.4 Å². The standard InChI is InChI=1S/C22H17F3N2O2S/c23-22(24,25)16-8-9-17-15(7-4-10-29-19(17)12-16)11-20(28)27-21-26-18(13-30-21)14-5-2-1-3-6-14/h1-3,5-6,8-9,11-13H,4,7,10H2,(H,26,27,28)/b15-11+. The number of rotatable bonds is 3. The fourth-order valence-corrected chi connectivity index (χ4v) is 3.91. The first kappa shape index (κ1) is 20.2. The lowest BCUT2D eigenvalue weighted by Gasteiger charge is -2.13. The monoisotopic (exact) mass is 430 g/mol. The number of anilines is 1. The molecule has 0 bridgehead atoms. The van der Waals surface area contributed by atoms with Crippen molar-refractivity contribution in [2.45, 2.75) is 19.0 Å². The third-order valence-electron chi connectivity index (χ3n) is 4.61. The topological polar surface area (TPSA) is 51.2 Å². The zero-order chi connectivity index (χ0) is 21.1. The molecule has 0 unspecified atom stereocenters. The van der Waals surface area contributed by atoms with Crippen LogP contribution >= 0.6 is 11.3 Å². The van der Waals surface area contributed by atoms with Gasteiger partial charge >= 0.3 is 6.18 Å². The first-order valence-electron chi connectivity index (χ1n) is 9.27. The zero-order valence-electron chi connectivity index (χ0n) is 15.7. The number of hydrogen-bond acceptors (Lipinski definition) is 4. The second-order valence-corrected chi connectivity index (χ2v) is 7.58. The number of thiazole rings is 1. The van der Waals surface area contributed by atoms with Crippen LogP contribution in [-0.4, -0.2) is 17.5 Å². The smallest absolute Gasteiger partial charge is 0.416 e. The SMILES string of the molecule is O=C(/C=C1\CCCOc2cc(C(F)(F)F)ccc21)Nc1nc(-c2ccccc2)cs1. The van der Waals surface area contributed by atoms with Crippen LogP contribution in [0.2, 0.25) is 0 Å². The highest BCUT2D eigenvalue weighted by Gasteiger charge is 2.32. The van der Waals surface area contributed by atoms with E-state index in [4.69, 9.17) is 4.74 Å². The molecule has 1 N–H and O–H groups in total. The number of benzene rings is 2. The summed E-state index contributed by atoms with van der Waals surface area (Å²) in [5.41, 5.74) is 2.07. The van der Waals surface area contributed by atoms with Crippen molar-refractivity contribution in [1.29, 1.82) is 0 Å². The summed E-state index contributed by atoms with van der Waals surface area (Å²) in [5.74, 6) is -0.242. The van der Waals surface area contributed by atoms with Crippen LogP contribution in [0.25, 0.3) is 16.8 Å². The number of ether oxygens (including phenoxy) is 1. The maximum atomic E-state index is 13.0. The van der Waals surface area contributed by atoms with Gasteiger partial charge in [-0.3, -0.25) is 10.1 Å². The van der Waals surface area contributed by atoms with Crippen molar-refractivity contribution in [3.8, 4) is 17.0 Å². The first-order valence-corrected chi connectivity index (χ1v) is 10.1. The lowest BCUT2D eigenvalue weighted by atomic mass is 9.99. The fraction of sp³-hybridized carbons (Fsp3) is 0.182. The van der Waals surface area contributed by atoms with E-state index in [9.17, 15) is 18.0 Å². The minimum absolute atomic E-state index is 0.141. The number of carbonyl (C=O) groups excluding carboxylic acids is 1. The molecule has 8 heteroatoms. The number of aromatic nitrogens is 1.